The summed E-state index contributed by atoms with van der Waals surface area (Å²) in [7, 11) is 0. The average Bonchev–Trinajstić information content (AvgIpc) is 2.57. The van der Waals surface area contributed by atoms with Crippen molar-refractivity contribution in [2.45, 2.75) is 6.92 Å². The fraction of sp³-hybridized carbons (Fsp3) is 0.0500. The molecule has 3 aromatic rings. The van der Waals surface area contributed by atoms with Gasteiger partial charge < -0.3 is 5.32 Å². The molecule has 0 spiro atoms. The molecular formula is C20H15ClFNO. The monoisotopic (exact) mass is 339 g/mol. The van der Waals surface area contributed by atoms with Crippen molar-refractivity contribution in [1.82, 2.24) is 0 Å². The predicted molar refractivity (Wildman–Crippen MR) is 95.7 cm³/mol. The number of carbonyl (C=O) groups is 1. The number of para-hydroxylation sites is 1. The number of halogens is 2. The molecule has 0 aliphatic heterocycles. The van der Waals surface area contributed by atoms with Gasteiger partial charge in [0.05, 0.1) is 10.7 Å². The quantitative estimate of drug-likeness (QED) is 0.612. The lowest BCUT2D eigenvalue weighted by atomic mass is 9.99. The van der Waals surface area contributed by atoms with E-state index in [1.54, 1.807) is 42.5 Å². The maximum atomic E-state index is 13.7. The SMILES string of the molecule is Cc1ccccc1C(=O)c1ccc(Nc2ccccc2F)cc1Cl. The third-order valence-electron chi connectivity index (χ3n) is 3.76. The maximum Gasteiger partial charge on any atom is 0.194 e. The highest BCUT2D eigenvalue weighted by molar-refractivity contribution is 6.35. The minimum Gasteiger partial charge on any atom is -0.353 e. The first-order valence-electron chi connectivity index (χ1n) is 7.47. The van der Waals surface area contributed by atoms with Crippen LogP contribution in [-0.2, 0) is 0 Å². The van der Waals surface area contributed by atoms with Crippen LogP contribution in [0.3, 0.4) is 0 Å². The summed E-state index contributed by atoms with van der Waals surface area (Å²) in [6.45, 7) is 1.88. The van der Waals surface area contributed by atoms with Gasteiger partial charge in [0.2, 0.25) is 0 Å². The number of nitrogens with one attached hydrogen (secondary N) is 1. The van der Waals surface area contributed by atoms with Crippen molar-refractivity contribution >= 4 is 28.8 Å². The molecule has 0 radical (unpaired) electrons. The number of hydrogen-bond donors (Lipinski definition) is 1. The second-order valence-electron chi connectivity index (χ2n) is 5.44. The normalized spacial score (nSPS) is 10.5. The van der Waals surface area contributed by atoms with Gasteiger partial charge in [0.25, 0.3) is 0 Å². The molecule has 0 amide bonds. The molecule has 0 heterocycles. The maximum absolute atomic E-state index is 13.7. The van der Waals surface area contributed by atoms with Gasteiger partial charge in [-0.1, -0.05) is 48.0 Å². The third-order valence-corrected chi connectivity index (χ3v) is 4.07. The van der Waals surface area contributed by atoms with Crippen LogP contribution in [0, 0.1) is 12.7 Å². The van der Waals surface area contributed by atoms with Crippen LogP contribution in [0.2, 0.25) is 5.02 Å². The number of anilines is 2. The van der Waals surface area contributed by atoms with E-state index in [2.05, 4.69) is 5.32 Å². The molecule has 1 N–H and O–H groups in total. The van der Waals surface area contributed by atoms with Gasteiger partial charge in [0.1, 0.15) is 5.82 Å². The molecule has 0 aliphatic rings. The molecule has 0 atom stereocenters. The summed E-state index contributed by atoms with van der Waals surface area (Å²) in [6, 6.07) is 18.7. The molecule has 0 bridgehead atoms. The first kappa shape index (κ1) is 16.2. The number of benzene rings is 3. The van der Waals surface area contributed by atoms with Gasteiger partial charge in [-0.25, -0.2) is 4.39 Å². The molecule has 0 fully saturated rings. The Morgan fingerprint density at radius 1 is 0.958 bits per heavy atom. The Kier molecular flexibility index (Phi) is 4.63. The van der Waals surface area contributed by atoms with Crippen molar-refractivity contribution in [3.8, 4) is 0 Å². The Bertz CT molecular complexity index is 908. The molecule has 0 saturated carbocycles. The van der Waals surface area contributed by atoms with E-state index in [9.17, 15) is 9.18 Å². The number of hydrogen-bond acceptors (Lipinski definition) is 2. The Morgan fingerprint density at radius 3 is 2.38 bits per heavy atom. The Hall–Kier alpha value is -2.65. The lowest BCUT2D eigenvalue weighted by Gasteiger charge is -2.11. The third kappa shape index (κ3) is 3.31. The van der Waals surface area contributed by atoms with Crippen molar-refractivity contribution in [2.24, 2.45) is 0 Å². The summed E-state index contributed by atoms with van der Waals surface area (Å²) in [5.41, 5.74) is 2.91. The Morgan fingerprint density at radius 2 is 1.67 bits per heavy atom. The number of carbonyl (C=O) groups excluding carboxylic acids is 1. The van der Waals surface area contributed by atoms with Gasteiger partial charge in [-0.15, -0.1) is 0 Å². The van der Waals surface area contributed by atoms with Crippen LogP contribution in [0.25, 0.3) is 0 Å². The summed E-state index contributed by atoms with van der Waals surface area (Å²) in [6.07, 6.45) is 0. The first-order valence-corrected chi connectivity index (χ1v) is 7.85. The van der Waals surface area contributed by atoms with Gasteiger partial charge in [0, 0.05) is 16.8 Å². The van der Waals surface area contributed by atoms with E-state index in [-0.39, 0.29) is 11.6 Å². The second-order valence-corrected chi connectivity index (χ2v) is 5.85. The molecule has 3 aromatic carbocycles. The highest BCUT2D eigenvalue weighted by Gasteiger charge is 2.15. The predicted octanol–water partition coefficient (Wildman–Crippen LogP) is 5.76. The van der Waals surface area contributed by atoms with Crippen molar-refractivity contribution < 1.29 is 9.18 Å². The zero-order valence-corrected chi connectivity index (χ0v) is 13.8. The van der Waals surface area contributed by atoms with Crippen molar-refractivity contribution in [3.63, 3.8) is 0 Å². The van der Waals surface area contributed by atoms with Crippen LogP contribution in [-0.4, -0.2) is 5.78 Å². The fourth-order valence-electron chi connectivity index (χ4n) is 2.47. The highest BCUT2D eigenvalue weighted by atomic mass is 35.5. The molecule has 0 saturated heterocycles. The van der Waals surface area contributed by atoms with Crippen molar-refractivity contribution in [3.05, 3.63) is 94.3 Å². The largest absolute Gasteiger partial charge is 0.353 e. The van der Waals surface area contributed by atoms with E-state index < -0.39 is 0 Å². The van der Waals surface area contributed by atoms with Gasteiger partial charge in [-0.05, 0) is 42.8 Å². The van der Waals surface area contributed by atoms with E-state index in [0.29, 0.717) is 27.5 Å². The minimum atomic E-state index is -0.353. The molecule has 3 rings (SSSR count). The molecular weight excluding hydrogens is 325 g/mol. The van der Waals surface area contributed by atoms with E-state index in [0.717, 1.165) is 5.56 Å². The van der Waals surface area contributed by atoms with Crippen LogP contribution in [0.5, 0.6) is 0 Å². The summed E-state index contributed by atoms with van der Waals surface area (Å²) in [5.74, 6) is -0.482. The van der Waals surface area contributed by atoms with E-state index in [4.69, 9.17) is 11.6 Å². The van der Waals surface area contributed by atoms with Crippen LogP contribution >= 0.6 is 11.6 Å². The van der Waals surface area contributed by atoms with Crippen molar-refractivity contribution in [2.75, 3.05) is 5.32 Å². The Labute approximate surface area is 144 Å². The molecule has 2 nitrogen and oxygen atoms in total. The highest BCUT2D eigenvalue weighted by Crippen LogP contribution is 2.27. The summed E-state index contributed by atoms with van der Waals surface area (Å²) in [4.78, 5) is 12.6. The molecule has 0 unspecified atom stereocenters. The number of aryl methyl sites for hydroxylation is 1. The summed E-state index contributed by atoms with van der Waals surface area (Å²) < 4.78 is 13.7. The minimum absolute atomic E-state index is 0.129. The first-order chi connectivity index (χ1) is 11.6. The topological polar surface area (TPSA) is 29.1 Å². The van der Waals surface area contributed by atoms with E-state index in [1.165, 1.54) is 6.07 Å². The van der Waals surface area contributed by atoms with Gasteiger partial charge in [-0.3, -0.25) is 4.79 Å². The lowest BCUT2D eigenvalue weighted by Crippen LogP contribution is -2.05. The smallest absolute Gasteiger partial charge is 0.194 e. The average molecular weight is 340 g/mol. The van der Waals surface area contributed by atoms with E-state index in [1.807, 2.05) is 25.1 Å². The molecule has 4 heteroatoms. The van der Waals surface area contributed by atoms with Gasteiger partial charge in [-0.2, -0.15) is 0 Å². The zero-order chi connectivity index (χ0) is 17.1. The lowest BCUT2D eigenvalue weighted by molar-refractivity contribution is 0.103. The van der Waals surface area contributed by atoms with Gasteiger partial charge >= 0.3 is 0 Å². The van der Waals surface area contributed by atoms with Crippen LogP contribution in [0.15, 0.2) is 66.7 Å². The molecule has 120 valence electrons. The van der Waals surface area contributed by atoms with E-state index >= 15 is 0 Å². The summed E-state index contributed by atoms with van der Waals surface area (Å²) >= 11 is 6.28. The van der Waals surface area contributed by atoms with Crippen LogP contribution < -0.4 is 5.32 Å². The van der Waals surface area contributed by atoms with Gasteiger partial charge in [0.15, 0.2) is 5.78 Å². The molecule has 0 aliphatic carbocycles. The number of ketones is 1. The zero-order valence-electron chi connectivity index (χ0n) is 13.0. The van der Waals surface area contributed by atoms with Crippen molar-refractivity contribution in [1.29, 1.82) is 0 Å². The fourth-order valence-corrected chi connectivity index (χ4v) is 2.73. The Balaban J connectivity index is 1.89. The summed E-state index contributed by atoms with van der Waals surface area (Å²) in [5, 5.41) is 3.28. The number of rotatable bonds is 4. The second kappa shape index (κ2) is 6.85. The van der Waals surface area contributed by atoms with Crippen LogP contribution in [0.1, 0.15) is 21.5 Å². The standard InChI is InChI=1S/C20H15ClFNO/c1-13-6-2-3-7-15(13)20(24)16-11-10-14(12-17(16)21)23-19-9-5-4-8-18(19)22/h2-12,23H,1H3. The van der Waals surface area contributed by atoms with Crippen LogP contribution in [0.4, 0.5) is 15.8 Å². The molecule has 0 aromatic heterocycles. The molecule has 24 heavy (non-hydrogen) atoms.